The fourth-order valence-corrected chi connectivity index (χ4v) is 6.64. The number of nitrogens with one attached hydrogen (secondary N) is 4. The molecule has 9 nitrogen and oxygen atoms in total. The third-order valence-corrected chi connectivity index (χ3v) is 9.02. The van der Waals surface area contributed by atoms with Crippen molar-refractivity contribution < 1.29 is 23.8 Å². The lowest BCUT2D eigenvalue weighted by Gasteiger charge is -2.45. The number of amides is 1. The van der Waals surface area contributed by atoms with Gasteiger partial charge >= 0.3 is 0 Å². The average Bonchev–Trinajstić information content (AvgIpc) is 3.38. The van der Waals surface area contributed by atoms with E-state index < -0.39 is 12.3 Å². The molecule has 36 heavy (non-hydrogen) atoms. The number of piperidine rings is 2. The Morgan fingerprint density at radius 1 is 1.22 bits per heavy atom. The zero-order valence-corrected chi connectivity index (χ0v) is 21.5. The van der Waals surface area contributed by atoms with Crippen LogP contribution in [0.3, 0.4) is 0 Å². The fraction of sp³-hybridized carbons (Fsp3) is 0.962. The molecule has 206 valence electrons. The Kier molecular flexibility index (Phi) is 9.48. The second kappa shape index (κ2) is 12.8. The molecule has 2 aliphatic carbocycles. The number of nitrogens with zero attached hydrogens (tertiary/aromatic N) is 1. The van der Waals surface area contributed by atoms with Crippen LogP contribution in [-0.2, 0) is 14.3 Å². The zero-order chi connectivity index (χ0) is 24.9. The standard InChI is InChI=1S/C26H46FN5O4/c27-24-10-21(35-15-22-12-28-16-36-22)8-17-5-7-32(14-23(17)24)13-20(33)11-30-26(34)18-4-6-29-25(9-18)31-19-2-1-3-19/h17-25,28-29,31,33H,1-16H2,(H,30,34)/t17?,18?,20-,21?,22?,23?,24?,25?/m0/s1. The Bertz CT molecular complexity index is 710. The smallest absolute Gasteiger partial charge is 0.223 e. The largest absolute Gasteiger partial charge is 0.390 e. The van der Waals surface area contributed by atoms with Gasteiger partial charge in [-0.1, -0.05) is 6.42 Å². The van der Waals surface area contributed by atoms with E-state index in [-0.39, 0.29) is 42.7 Å². The molecule has 0 aromatic carbocycles. The van der Waals surface area contributed by atoms with Crippen molar-refractivity contribution in [1.29, 1.82) is 0 Å². The van der Waals surface area contributed by atoms with Crippen molar-refractivity contribution in [2.24, 2.45) is 17.8 Å². The maximum atomic E-state index is 15.1. The van der Waals surface area contributed by atoms with Gasteiger partial charge in [0.25, 0.3) is 0 Å². The van der Waals surface area contributed by atoms with Gasteiger partial charge in [-0.25, -0.2) is 4.39 Å². The summed E-state index contributed by atoms with van der Waals surface area (Å²) in [6, 6.07) is 0.589. The number of aliphatic hydroxyl groups excluding tert-OH is 1. The molecule has 2 saturated carbocycles. The summed E-state index contributed by atoms with van der Waals surface area (Å²) in [5, 5.41) is 23.8. The molecule has 10 heteroatoms. The number of hydrogen-bond donors (Lipinski definition) is 5. The van der Waals surface area contributed by atoms with E-state index in [4.69, 9.17) is 9.47 Å². The Morgan fingerprint density at radius 3 is 2.89 bits per heavy atom. The summed E-state index contributed by atoms with van der Waals surface area (Å²) >= 11 is 0. The van der Waals surface area contributed by atoms with E-state index in [1.54, 1.807) is 0 Å². The molecule has 3 aliphatic heterocycles. The van der Waals surface area contributed by atoms with Crippen molar-refractivity contribution in [3.05, 3.63) is 0 Å². The van der Waals surface area contributed by atoms with Crippen molar-refractivity contribution >= 4 is 5.91 Å². The van der Waals surface area contributed by atoms with Crippen LogP contribution in [0.1, 0.15) is 51.4 Å². The number of carbonyl (C=O) groups is 1. The van der Waals surface area contributed by atoms with Gasteiger partial charge in [0.05, 0.1) is 37.8 Å². The van der Waals surface area contributed by atoms with E-state index >= 15 is 4.39 Å². The molecular formula is C26H46FN5O4. The normalized spacial score (nSPS) is 38.8. The van der Waals surface area contributed by atoms with Crippen LogP contribution in [-0.4, -0.2) is 105 Å². The second-order valence-corrected chi connectivity index (χ2v) is 11.7. The summed E-state index contributed by atoms with van der Waals surface area (Å²) in [5.41, 5.74) is 0. The van der Waals surface area contributed by atoms with Gasteiger partial charge in [-0.2, -0.15) is 0 Å². The highest BCUT2D eigenvalue weighted by Crippen LogP contribution is 2.39. The molecule has 0 aromatic rings. The number of β-amino-alcohol motifs (C(OH)–C–C–N with tert-alkyl or cyclic N) is 1. The van der Waals surface area contributed by atoms with E-state index in [9.17, 15) is 9.90 Å². The van der Waals surface area contributed by atoms with Gasteiger partial charge in [-0.3, -0.25) is 15.4 Å². The molecule has 5 N–H and O–H groups in total. The quantitative estimate of drug-likeness (QED) is 0.286. The molecule has 0 radical (unpaired) electrons. The molecule has 0 spiro atoms. The number of aliphatic hydroxyl groups is 1. The van der Waals surface area contributed by atoms with Crippen LogP contribution in [0.4, 0.5) is 4.39 Å². The Morgan fingerprint density at radius 2 is 2.11 bits per heavy atom. The first-order chi connectivity index (χ1) is 17.5. The van der Waals surface area contributed by atoms with Crippen molar-refractivity contribution in [1.82, 2.24) is 26.2 Å². The van der Waals surface area contributed by atoms with Gasteiger partial charge < -0.3 is 30.1 Å². The molecule has 5 aliphatic rings. The maximum Gasteiger partial charge on any atom is 0.223 e. The van der Waals surface area contributed by atoms with E-state index in [1.165, 1.54) is 19.3 Å². The monoisotopic (exact) mass is 511 g/mol. The molecule has 7 unspecified atom stereocenters. The molecule has 5 rings (SSSR count). The molecule has 1 amide bonds. The number of fused-ring (bicyclic) bond motifs is 1. The third kappa shape index (κ3) is 7.15. The van der Waals surface area contributed by atoms with Crippen molar-refractivity contribution in [2.75, 3.05) is 52.6 Å². The lowest BCUT2D eigenvalue weighted by Crippen LogP contribution is -2.55. The fourth-order valence-electron chi connectivity index (χ4n) is 6.64. The van der Waals surface area contributed by atoms with E-state index in [0.717, 1.165) is 45.3 Å². The number of alkyl halides is 1. The minimum absolute atomic E-state index is 0.000344. The highest BCUT2D eigenvalue weighted by Gasteiger charge is 2.42. The van der Waals surface area contributed by atoms with Crippen LogP contribution < -0.4 is 21.3 Å². The first kappa shape index (κ1) is 26.7. The Balaban J connectivity index is 0.993. The third-order valence-electron chi connectivity index (χ3n) is 9.02. The predicted octanol–water partition coefficient (Wildman–Crippen LogP) is 0.332. The van der Waals surface area contributed by atoms with Gasteiger partial charge in [0.1, 0.15) is 6.17 Å². The minimum atomic E-state index is -0.877. The average molecular weight is 512 g/mol. The highest BCUT2D eigenvalue weighted by molar-refractivity contribution is 5.78. The highest BCUT2D eigenvalue weighted by atomic mass is 19.1. The minimum Gasteiger partial charge on any atom is -0.390 e. The van der Waals surface area contributed by atoms with Crippen LogP contribution in [0.25, 0.3) is 0 Å². The number of hydrogen-bond acceptors (Lipinski definition) is 8. The van der Waals surface area contributed by atoms with Crippen molar-refractivity contribution in [3.8, 4) is 0 Å². The molecule has 8 atom stereocenters. The number of rotatable bonds is 10. The van der Waals surface area contributed by atoms with Crippen LogP contribution >= 0.6 is 0 Å². The van der Waals surface area contributed by atoms with E-state index in [1.807, 2.05) is 0 Å². The summed E-state index contributed by atoms with van der Waals surface area (Å²) in [6.45, 7) is 4.97. The van der Waals surface area contributed by atoms with Crippen LogP contribution in [0.5, 0.6) is 0 Å². The molecule has 0 aromatic heterocycles. The zero-order valence-electron chi connectivity index (χ0n) is 21.5. The number of carbonyl (C=O) groups excluding carboxylic acids is 1. The van der Waals surface area contributed by atoms with Gasteiger partial charge in [0.15, 0.2) is 0 Å². The first-order valence-corrected chi connectivity index (χ1v) is 14.3. The molecule has 0 bridgehead atoms. The first-order valence-electron chi connectivity index (χ1n) is 14.3. The summed E-state index contributed by atoms with van der Waals surface area (Å²) in [7, 11) is 0. The lowest BCUT2D eigenvalue weighted by molar-refractivity contribution is -0.126. The molecular weight excluding hydrogens is 465 g/mol. The molecule has 3 heterocycles. The number of halogens is 1. The molecule has 3 saturated heterocycles. The predicted molar refractivity (Wildman–Crippen MR) is 134 cm³/mol. The lowest BCUT2D eigenvalue weighted by atomic mass is 9.72. The number of likely N-dealkylation sites (tertiary alicyclic amines) is 1. The van der Waals surface area contributed by atoms with Gasteiger partial charge in [0, 0.05) is 50.5 Å². The van der Waals surface area contributed by atoms with E-state index in [2.05, 4.69) is 26.2 Å². The van der Waals surface area contributed by atoms with Gasteiger partial charge in [0.2, 0.25) is 5.91 Å². The van der Waals surface area contributed by atoms with E-state index in [0.29, 0.717) is 44.8 Å². The van der Waals surface area contributed by atoms with Crippen LogP contribution in [0.15, 0.2) is 0 Å². The summed E-state index contributed by atoms with van der Waals surface area (Å²) in [6.07, 6.45) is 6.37. The summed E-state index contributed by atoms with van der Waals surface area (Å²) in [5.74, 6) is 0.346. The summed E-state index contributed by atoms with van der Waals surface area (Å²) in [4.78, 5) is 14.9. The second-order valence-electron chi connectivity index (χ2n) is 11.7. The number of ether oxygens (including phenoxy) is 2. The maximum absolute atomic E-state index is 15.1. The Labute approximate surface area is 214 Å². The van der Waals surface area contributed by atoms with Crippen molar-refractivity contribution in [2.45, 2.75) is 88.1 Å². The SMILES string of the molecule is O=C(NC[C@H](O)CN1CCC2CC(OCC3CNCO3)CC(F)C2C1)C1CCNC(NC2CCC2)C1. The van der Waals surface area contributed by atoms with Crippen LogP contribution in [0, 0.1) is 17.8 Å². The topological polar surface area (TPSA) is 107 Å². The van der Waals surface area contributed by atoms with Gasteiger partial charge in [-0.15, -0.1) is 0 Å². The van der Waals surface area contributed by atoms with Gasteiger partial charge in [-0.05, 0) is 57.5 Å². The van der Waals surface area contributed by atoms with Crippen LogP contribution in [0.2, 0.25) is 0 Å². The summed E-state index contributed by atoms with van der Waals surface area (Å²) < 4.78 is 26.6. The molecule has 5 fully saturated rings. The van der Waals surface area contributed by atoms with Crippen molar-refractivity contribution in [3.63, 3.8) is 0 Å². The Hall–Kier alpha value is -0.880.